The van der Waals surface area contributed by atoms with Crippen LogP contribution in [0.25, 0.3) is 0 Å². The summed E-state index contributed by atoms with van der Waals surface area (Å²) in [6.45, 7) is 2.17. The van der Waals surface area contributed by atoms with E-state index in [2.05, 4.69) is 10.4 Å². The normalized spacial score (nSPS) is 12.2. The summed E-state index contributed by atoms with van der Waals surface area (Å²) < 4.78 is 7.04. The monoisotopic (exact) mass is 307 g/mol. The second-order valence-electron chi connectivity index (χ2n) is 4.79. The molecule has 0 aliphatic carbocycles. The highest BCUT2D eigenvalue weighted by Gasteiger charge is 2.16. The summed E-state index contributed by atoms with van der Waals surface area (Å²) in [7, 11) is 3.39. The fourth-order valence-electron chi connectivity index (χ4n) is 2.15. The zero-order chi connectivity index (χ0) is 15.4. The molecular formula is C15H18ClN3O2. The molecule has 2 rings (SSSR count). The van der Waals surface area contributed by atoms with Gasteiger partial charge in [-0.1, -0.05) is 23.7 Å². The molecule has 112 valence electrons. The van der Waals surface area contributed by atoms with Crippen molar-refractivity contribution in [2.75, 3.05) is 13.7 Å². The van der Waals surface area contributed by atoms with E-state index in [1.165, 1.54) is 0 Å². The van der Waals surface area contributed by atoms with Gasteiger partial charge in [0.1, 0.15) is 0 Å². The fourth-order valence-corrected chi connectivity index (χ4v) is 2.35. The van der Waals surface area contributed by atoms with Crippen LogP contribution in [-0.2, 0) is 11.8 Å². The quantitative estimate of drug-likeness (QED) is 0.923. The number of benzene rings is 1. The third kappa shape index (κ3) is 3.83. The molecule has 0 bridgehead atoms. The Balaban J connectivity index is 2.03. The smallest absolute Gasteiger partial charge is 0.254 e. The molecule has 1 unspecified atom stereocenters. The SMILES string of the molecule is COC(CNC(=O)c1cn(C)nc1C)c1cccc(Cl)c1. The Hall–Kier alpha value is -1.85. The Morgan fingerprint density at radius 3 is 2.86 bits per heavy atom. The number of carbonyl (C=O) groups is 1. The number of aromatic nitrogens is 2. The van der Waals surface area contributed by atoms with E-state index < -0.39 is 0 Å². The summed E-state index contributed by atoms with van der Waals surface area (Å²) >= 11 is 5.97. The number of hydrogen-bond acceptors (Lipinski definition) is 3. The lowest BCUT2D eigenvalue weighted by Gasteiger charge is -2.16. The fraction of sp³-hybridized carbons (Fsp3) is 0.333. The van der Waals surface area contributed by atoms with E-state index in [1.54, 1.807) is 38.0 Å². The van der Waals surface area contributed by atoms with Gasteiger partial charge in [-0.05, 0) is 24.6 Å². The number of methoxy groups -OCH3 is 1. The number of carbonyl (C=O) groups excluding carboxylic acids is 1. The van der Waals surface area contributed by atoms with Gasteiger partial charge in [-0.25, -0.2) is 0 Å². The van der Waals surface area contributed by atoms with Gasteiger partial charge in [-0.15, -0.1) is 0 Å². The van der Waals surface area contributed by atoms with E-state index in [4.69, 9.17) is 16.3 Å². The van der Waals surface area contributed by atoms with Crippen molar-refractivity contribution in [2.24, 2.45) is 7.05 Å². The predicted octanol–water partition coefficient (Wildman–Crippen LogP) is 2.50. The minimum Gasteiger partial charge on any atom is -0.375 e. The van der Waals surface area contributed by atoms with Crippen LogP contribution >= 0.6 is 11.6 Å². The molecule has 0 aliphatic rings. The lowest BCUT2D eigenvalue weighted by molar-refractivity contribution is 0.0827. The molecule has 2 aromatic rings. The first-order chi connectivity index (χ1) is 10.0. The number of nitrogens with zero attached hydrogens (tertiary/aromatic N) is 2. The molecule has 6 heteroatoms. The van der Waals surface area contributed by atoms with E-state index in [0.29, 0.717) is 22.8 Å². The second kappa shape index (κ2) is 6.74. The molecule has 1 atom stereocenters. The Kier molecular flexibility index (Phi) is 4.98. The first-order valence-corrected chi connectivity index (χ1v) is 6.95. The zero-order valence-corrected chi connectivity index (χ0v) is 13.0. The molecule has 0 radical (unpaired) electrons. The molecule has 21 heavy (non-hydrogen) atoms. The van der Waals surface area contributed by atoms with E-state index >= 15 is 0 Å². The van der Waals surface area contributed by atoms with Gasteiger partial charge >= 0.3 is 0 Å². The minimum atomic E-state index is -0.246. The van der Waals surface area contributed by atoms with Crippen LogP contribution in [0, 0.1) is 6.92 Å². The first-order valence-electron chi connectivity index (χ1n) is 6.58. The average molecular weight is 308 g/mol. The third-order valence-electron chi connectivity index (χ3n) is 3.21. The summed E-state index contributed by atoms with van der Waals surface area (Å²) in [5.74, 6) is -0.162. The van der Waals surface area contributed by atoms with Gasteiger partial charge in [0, 0.05) is 31.9 Å². The van der Waals surface area contributed by atoms with E-state index in [9.17, 15) is 4.79 Å². The van der Waals surface area contributed by atoms with Crippen molar-refractivity contribution in [2.45, 2.75) is 13.0 Å². The molecule has 0 aliphatic heterocycles. The van der Waals surface area contributed by atoms with Crippen molar-refractivity contribution in [3.8, 4) is 0 Å². The Bertz CT molecular complexity index is 640. The van der Waals surface area contributed by atoms with Crippen molar-refractivity contribution in [3.05, 3.63) is 52.3 Å². The molecule has 0 saturated carbocycles. The highest BCUT2D eigenvalue weighted by molar-refractivity contribution is 6.30. The topological polar surface area (TPSA) is 56.1 Å². The molecule has 1 N–H and O–H groups in total. The molecule has 1 amide bonds. The van der Waals surface area contributed by atoms with Crippen molar-refractivity contribution >= 4 is 17.5 Å². The lowest BCUT2D eigenvalue weighted by Crippen LogP contribution is -2.29. The number of hydrogen-bond donors (Lipinski definition) is 1. The summed E-state index contributed by atoms with van der Waals surface area (Å²) in [4.78, 5) is 12.2. The standard InChI is InChI=1S/C15H18ClN3O2/c1-10-13(9-19(2)18-10)15(20)17-8-14(21-3)11-5-4-6-12(16)7-11/h4-7,9,14H,8H2,1-3H3,(H,17,20). The number of halogens is 1. The maximum absolute atomic E-state index is 12.2. The van der Waals surface area contributed by atoms with Crippen LogP contribution in [0.3, 0.4) is 0 Å². The zero-order valence-electron chi connectivity index (χ0n) is 12.3. The van der Waals surface area contributed by atoms with Crippen molar-refractivity contribution in [3.63, 3.8) is 0 Å². The van der Waals surface area contributed by atoms with Gasteiger partial charge in [0.25, 0.3) is 5.91 Å². The predicted molar refractivity (Wildman–Crippen MR) is 81.5 cm³/mol. The number of aryl methyl sites for hydroxylation is 2. The average Bonchev–Trinajstić information content (AvgIpc) is 2.78. The van der Waals surface area contributed by atoms with Gasteiger partial charge in [0.05, 0.1) is 17.4 Å². The van der Waals surface area contributed by atoms with Crippen LogP contribution in [-0.4, -0.2) is 29.3 Å². The van der Waals surface area contributed by atoms with Gasteiger partial charge in [-0.2, -0.15) is 5.10 Å². The molecule has 5 nitrogen and oxygen atoms in total. The van der Waals surface area contributed by atoms with Crippen molar-refractivity contribution in [1.82, 2.24) is 15.1 Å². The van der Waals surface area contributed by atoms with Gasteiger partial charge in [0.2, 0.25) is 0 Å². The lowest BCUT2D eigenvalue weighted by atomic mass is 10.1. The molecular weight excluding hydrogens is 290 g/mol. The number of nitrogens with one attached hydrogen (secondary N) is 1. The van der Waals surface area contributed by atoms with Crippen LogP contribution in [0.4, 0.5) is 0 Å². The molecule has 0 saturated heterocycles. The molecule has 1 aromatic carbocycles. The molecule has 0 fully saturated rings. The first kappa shape index (κ1) is 15.5. The van der Waals surface area contributed by atoms with Crippen LogP contribution in [0.1, 0.15) is 27.7 Å². The maximum Gasteiger partial charge on any atom is 0.254 e. The van der Waals surface area contributed by atoms with E-state index in [-0.39, 0.29) is 12.0 Å². The largest absolute Gasteiger partial charge is 0.375 e. The molecule has 1 aromatic heterocycles. The van der Waals surface area contributed by atoms with E-state index in [1.807, 2.05) is 18.2 Å². The van der Waals surface area contributed by atoms with Crippen molar-refractivity contribution < 1.29 is 9.53 Å². The minimum absolute atomic E-state index is 0.162. The maximum atomic E-state index is 12.2. The van der Waals surface area contributed by atoms with E-state index in [0.717, 1.165) is 5.56 Å². The summed E-state index contributed by atoms with van der Waals surface area (Å²) in [6, 6.07) is 7.41. The van der Waals surface area contributed by atoms with Crippen LogP contribution in [0.15, 0.2) is 30.5 Å². The number of amides is 1. The van der Waals surface area contributed by atoms with Gasteiger partial charge < -0.3 is 10.1 Å². The second-order valence-corrected chi connectivity index (χ2v) is 5.23. The number of ether oxygens (including phenoxy) is 1. The highest BCUT2D eigenvalue weighted by Crippen LogP contribution is 2.20. The van der Waals surface area contributed by atoms with Crippen LogP contribution in [0.5, 0.6) is 0 Å². The van der Waals surface area contributed by atoms with Crippen LogP contribution < -0.4 is 5.32 Å². The summed E-state index contributed by atoms with van der Waals surface area (Å²) in [5, 5.41) is 7.66. The Labute approximate surface area is 128 Å². The Morgan fingerprint density at radius 1 is 1.52 bits per heavy atom. The van der Waals surface area contributed by atoms with Gasteiger partial charge in [0.15, 0.2) is 0 Å². The third-order valence-corrected chi connectivity index (χ3v) is 3.45. The number of rotatable bonds is 5. The van der Waals surface area contributed by atoms with Crippen LogP contribution in [0.2, 0.25) is 5.02 Å². The summed E-state index contributed by atoms with van der Waals surface area (Å²) in [5.41, 5.74) is 2.19. The highest BCUT2D eigenvalue weighted by atomic mass is 35.5. The molecule has 0 spiro atoms. The van der Waals surface area contributed by atoms with Crippen molar-refractivity contribution in [1.29, 1.82) is 0 Å². The Morgan fingerprint density at radius 2 is 2.29 bits per heavy atom. The molecule has 1 heterocycles. The summed E-state index contributed by atoms with van der Waals surface area (Å²) in [6.07, 6.45) is 1.45. The van der Waals surface area contributed by atoms with Gasteiger partial charge in [-0.3, -0.25) is 9.48 Å².